The third-order valence-corrected chi connectivity index (χ3v) is 3.19. The Morgan fingerprint density at radius 3 is 2.33 bits per heavy atom. The van der Waals surface area contributed by atoms with E-state index >= 15 is 0 Å². The van der Waals surface area contributed by atoms with Crippen LogP contribution >= 0.6 is 0 Å². The van der Waals surface area contributed by atoms with Gasteiger partial charge >= 0.3 is 0 Å². The van der Waals surface area contributed by atoms with Crippen molar-refractivity contribution in [3.8, 4) is 0 Å². The minimum atomic E-state index is -1.05. The molecule has 1 saturated carbocycles. The molecule has 0 saturated heterocycles. The Bertz CT molecular complexity index is 139. The highest BCUT2D eigenvalue weighted by atomic mass is 19.1. The van der Waals surface area contributed by atoms with Gasteiger partial charge in [-0.05, 0) is 38.5 Å². The summed E-state index contributed by atoms with van der Waals surface area (Å²) >= 11 is 0. The Hall–Kier alpha value is -0.110. The molecule has 1 aliphatic carbocycles. The molecule has 1 unspecified atom stereocenters. The Morgan fingerprint density at radius 2 is 1.92 bits per heavy atom. The lowest BCUT2D eigenvalue weighted by Crippen LogP contribution is -2.40. The monoisotopic (exact) mass is 174 g/mol. The minimum Gasteiger partial charge on any atom is -0.378 e. The second kappa shape index (κ2) is 3.73. The first kappa shape index (κ1) is 9.97. The van der Waals surface area contributed by atoms with E-state index in [-0.39, 0.29) is 6.10 Å². The smallest absolute Gasteiger partial charge is 0.136 e. The van der Waals surface area contributed by atoms with Crippen molar-refractivity contribution in [1.82, 2.24) is 0 Å². The fourth-order valence-corrected chi connectivity index (χ4v) is 1.86. The lowest BCUT2D eigenvalue weighted by molar-refractivity contribution is -0.0541. The van der Waals surface area contributed by atoms with Gasteiger partial charge in [0, 0.05) is 7.11 Å². The molecule has 0 aromatic rings. The van der Waals surface area contributed by atoms with Crippen LogP contribution in [0.2, 0.25) is 0 Å². The van der Waals surface area contributed by atoms with Gasteiger partial charge < -0.3 is 4.74 Å². The fourth-order valence-electron chi connectivity index (χ4n) is 1.86. The van der Waals surface area contributed by atoms with Crippen molar-refractivity contribution in [3.05, 3.63) is 0 Å². The molecule has 0 aliphatic heterocycles. The zero-order chi connectivity index (χ0) is 9.19. The van der Waals surface area contributed by atoms with Crippen LogP contribution in [0.1, 0.15) is 39.5 Å². The van der Waals surface area contributed by atoms with Gasteiger partial charge in [-0.1, -0.05) is 6.92 Å². The Morgan fingerprint density at radius 1 is 1.42 bits per heavy atom. The molecule has 0 aromatic carbocycles. The Labute approximate surface area is 74.3 Å². The molecule has 12 heavy (non-hydrogen) atoms. The minimum absolute atomic E-state index is 0.245. The Kier molecular flexibility index (Phi) is 3.10. The molecule has 2 heteroatoms. The number of halogens is 1. The van der Waals surface area contributed by atoms with Gasteiger partial charge in [0.2, 0.25) is 0 Å². The van der Waals surface area contributed by atoms with Crippen LogP contribution in [0.15, 0.2) is 0 Å². The molecule has 0 aromatic heterocycles. The van der Waals surface area contributed by atoms with Crippen molar-refractivity contribution < 1.29 is 9.13 Å². The van der Waals surface area contributed by atoms with Crippen molar-refractivity contribution in [2.75, 3.05) is 7.11 Å². The highest BCUT2D eigenvalue weighted by molar-refractivity contribution is 4.89. The summed E-state index contributed by atoms with van der Waals surface area (Å²) in [5.74, 6) is 0.693. The highest BCUT2D eigenvalue weighted by Gasteiger charge is 2.39. The maximum absolute atomic E-state index is 14.0. The van der Waals surface area contributed by atoms with Gasteiger partial charge in [-0.3, -0.25) is 0 Å². The maximum atomic E-state index is 14.0. The molecule has 0 N–H and O–H groups in total. The molecule has 1 fully saturated rings. The average Bonchev–Trinajstić information content (AvgIpc) is 2.09. The topological polar surface area (TPSA) is 9.23 Å². The van der Waals surface area contributed by atoms with Crippen LogP contribution in [0.4, 0.5) is 4.39 Å². The fraction of sp³-hybridized carbons (Fsp3) is 1.00. The van der Waals surface area contributed by atoms with Crippen LogP contribution in [0, 0.1) is 5.92 Å². The summed E-state index contributed by atoms with van der Waals surface area (Å²) in [6, 6.07) is 0. The van der Waals surface area contributed by atoms with Crippen LogP contribution in [0.25, 0.3) is 0 Å². The van der Waals surface area contributed by atoms with Gasteiger partial charge in [-0.2, -0.15) is 0 Å². The zero-order valence-electron chi connectivity index (χ0n) is 8.27. The van der Waals surface area contributed by atoms with Gasteiger partial charge in [0.15, 0.2) is 0 Å². The van der Waals surface area contributed by atoms with Crippen LogP contribution in [0.3, 0.4) is 0 Å². The summed E-state index contributed by atoms with van der Waals surface area (Å²) in [5, 5.41) is 0. The molecule has 0 amide bonds. The van der Waals surface area contributed by atoms with E-state index in [2.05, 4.69) is 6.92 Å². The van der Waals surface area contributed by atoms with Crippen molar-refractivity contribution >= 4 is 0 Å². The van der Waals surface area contributed by atoms with E-state index < -0.39 is 5.67 Å². The largest absolute Gasteiger partial charge is 0.378 e. The lowest BCUT2D eigenvalue weighted by atomic mass is 9.78. The molecule has 0 heterocycles. The van der Waals surface area contributed by atoms with Gasteiger partial charge in [-0.25, -0.2) is 4.39 Å². The second-order valence-electron chi connectivity index (χ2n) is 4.10. The first-order valence-corrected chi connectivity index (χ1v) is 4.80. The summed E-state index contributed by atoms with van der Waals surface area (Å²) in [6.45, 7) is 4.02. The van der Waals surface area contributed by atoms with Crippen LogP contribution < -0.4 is 0 Å². The summed E-state index contributed by atoms with van der Waals surface area (Å²) in [4.78, 5) is 0. The number of hydrogen-bond donors (Lipinski definition) is 0. The average molecular weight is 174 g/mol. The third kappa shape index (κ3) is 1.98. The van der Waals surface area contributed by atoms with E-state index in [0.717, 1.165) is 12.8 Å². The normalized spacial score (nSPS) is 39.5. The van der Waals surface area contributed by atoms with Gasteiger partial charge in [0.25, 0.3) is 0 Å². The summed E-state index contributed by atoms with van der Waals surface area (Å²) in [6.07, 6.45) is 3.10. The summed E-state index contributed by atoms with van der Waals surface area (Å²) in [5.41, 5.74) is -1.05. The maximum Gasteiger partial charge on any atom is 0.136 e. The van der Waals surface area contributed by atoms with Gasteiger partial charge in [-0.15, -0.1) is 0 Å². The van der Waals surface area contributed by atoms with E-state index in [4.69, 9.17) is 4.74 Å². The molecule has 0 radical (unpaired) electrons. The third-order valence-electron chi connectivity index (χ3n) is 3.19. The first-order chi connectivity index (χ1) is 5.58. The summed E-state index contributed by atoms with van der Waals surface area (Å²) < 4.78 is 19.1. The standard InChI is InChI=1S/C10H19FO/c1-8-4-6-10(11,7-5-8)9(2)12-3/h8-9H,4-7H2,1-3H3. The van der Waals surface area contributed by atoms with Crippen molar-refractivity contribution in [2.24, 2.45) is 5.92 Å². The van der Waals surface area contributed by atoms with E-state index in [1.54, 1.807) is 7.11 Å². The number of ether oxygens (including phenoxy) is 1. The zero-order valence-corrected chi connectivity index (χ0v) is 8.27. The predicted octanol–water partition coefficient (Wildman–Crippen LogP) is 2.94. The first-order valence-electron chi connectivity index (χ1n) is 4.80. The van der Waals surface area contributed by atoms with Gasteiger partial charge in [0.05, 0.1) is 6.10 Å². The molecular formula is C10H19FO. The SMILES string of the molecule is COC(C)C1(F)CCC(C)CC1. The number of alkyl halides is 1. The van der Waals surface area contributed by atoms with E-state index in [9.17, 15) is 4.39 Å². The summed E-state index contributed by atoms with van der Waals surface area (Å²) in [7, 11) is 1.59. The molecule has 1 nitrogen and oxygen atoms in total. The lowest BCUT2D eigenvalue weighted by Gasteiger charge is -2.36. The molecule has 1 aliphatic rings. The quantitative estimate of drug-likeness (QED) is 0.625. The van der Waals surface area contributed by atoms with Crippen molar-refractivity contribution in [3.63, 3.8) is 0 Å². The molecule has 72 valence electrons. The van der Waals surface area contributed by atoms with Crippen LogP contribution in [-0.4, -0.2) is 18.9 Å². The van der Waals surface area contributed by atoms with Crippen molar-refractivity contribution in [2.45, 2.75) is 51.3 Å². The van der Waals surface area contributed by atoms with Gasteiger partial charge in [0.1, 0.15) is 5.67 Å². The number of methoxy groups -OCH3 is 1. The molecule has 0 bridgehead atoms. The molecule has 0 spiro atoms. The van der Waals surface area contributed by atoms with Crippen LogP contribution in [0.5, 0.6) is 0 Å². The predicted molar refractivity (Wildman–Crippen MR) is 47.9 cm³/mol. The highest BCUT2D eigenvalue weighted by Crippen LogP contribution is 2.38. The number of hydrogen-bond acceptors (Lipinski definition) is 1. The molecule has 1 rings (SSSR count). The van der Waals surface area contributed by atoms with E-state index in [1.165, 1.54) is 0 Å². The molecular weight excluding hydrogens is 155 g/mol. The van der Waals surface area contributed by atoms with E-state index in [1.807, 2.05) is 6.92 Å². The molecule has 1 atom stereocenters. The Balaban J connectivity index is 2.49. The number of rotatable bonds is 2. The van der Waals surface area contributed by atoms with Crippen molar-refractivity contribution in [1.29, 1.82) is 0 Å². The van der Waals surface area contributed by atoms with Crippen LogP contribution in [-0.2, 0) is 4.74 Å². The second-order valence-corrected chi connectivity index (χ2v) is 4.10. The van der Waals surface area contributed by atoms with E-state index in [0.29, 0.717) is 18.8 Å².